The fraction of sp³-hybridized carbons (Fsp3) is 0.200. The third kappa shape index (κ3) is 4.01. The summed E-state index contributed by atoms with van der Waals surface area (Å²) in [5.41, 5.74) is 2.77. The van der Waals surface area contributed by atoms with E-state index >= 15 is 0 Å². The van der Waals surface area contributed by atoms with E-state index in [9.17, 15) is 8.78 Å². The molecule has 0 saturated heterocycles. The number of hydrogen-bond acceptors (Lipinski definition) is 1. The topological polar surface area (TPSA) is 12.0 Å². The molecule has 2 aromatic carbocycles. The van der Waals surface area contributed by atoms with Crippen LogP contribution in [0.3, 0.4) is 0 Å². The van der Waals surface area contributed by atoms with Gasteiger partial charge in [0.15, 0.2) is 11.6 Å². The summed E-state index contributed by atoms with van der Waals surface area (Å²) in [5.74, 6) is -1.63. The van der Waals surface area contributed by atoms with Crippen LogP contribution in [-0.4, -0.2) is 13.6 Å². The summed E-state index contributed by atoms with van der Waals surface area (Å²) in [6, 6.07) is 11.8. The minimum Gasteiger partial charge on any atom is -0.319 e. The first-order valence-corrected chi connectivity index (χ1v) is 5.89. The minimum atomic E-state index is -0.815. The van der Waals surface area contributed by atoms with Crippen LogP contribution < -0.4 is 5.32 Å². The summed E-state index contributed by atoms with van der Waals surface area (Å²) >= 11 is 0. The maximum atomic E-state index is 13.2. The number of halogens is 3. The Labute approximate surface area is 118 Å². The third-order valence-corrected chi connectivity index (χ3v) is 2.84. The Kier molecular flexibility index (Phi) is 5.93. The molecule has 0 atom stereocenters. The van der Waals surface area contributed by atoms with Crippen molar-refractivity contribution in [1.29, 1.82) is 0 Å². The van der Waals surface area contributed by atoms with Crippen molar-refractivity contribution in [1.82, 2.24) is 5.32 Å². The molecule has 0 aliphatic rings. The van der Waals surface area contributed by atoms with Crippen molar-refractivity contribution < 1.29 is 8.78 Å². The smallest absolute Gasteiger partial charge is 0.159 e. The maximum absolute atomic E-state index is 13.2. The average Bonchev–Trinajstić information content (AvgIpc) is 2.40. The molecule has 0 bridgehead atoms. The molecule has 0 amide bonds. The summed E-state index contributed by atoms with van der Waals surface area (Å²) in [7, 11) is 1.90. The predicted molar refractivity (Wildman–Crippen MR) is 76.7 cm³/mol. The molecule has 0 radical (unpaired) electrons. The molecule has 0 saturated carbocycles. The molecule has 0 aromatic heterocycles. The summed E-state index contributed by atoms with van der Waals surface area (Å²) in [6.45, 7) is 0.890. The highest BCUT2D eigenvalue weighted by Gasteiger charge is 2.05. The minimum absolute atomic E-state index is 0. The van der Waals surface area contributed by atoms with Gasteiger partial charge in [0, 0.05) is 0 Å². The Hall–Kier alpha value is -1.45. The first-order valence-electron chi connectivity index (χ1n) is 5.89. The van der Waals surface area contributed by atoms with E-state index in [-0.39, 0.29) is 12.4 Å². The highest BCUT2D eigenvalue weighted by molar-refractivity contribution is 5.85. The molecule has 2 rings (SSSR count). The molecule has 0 aliphatic heterocycles. The van der Waals surface area contributed by atoms with Gasteiger partial charge in [-0.15, -0.1) is 12.4 Å². The summed E-state index contributed by atoms with van der Waals surface area (Å²) in [5, 5.41) is 3.08. The predicted octanol–water partition coefficient (Wildman–Crippen LogP) is 3.82. The van der Waals surface area contributed by atoms with Gasteiger partial charge in [-0.2, -0.15) is 0 Å². The van der Waals surface area contributed by atoms with Crippen LogP contribution in [-0.2, 0) is 6.42 Å². The number of rotatable bonds is 4. The number of likely N-dealkylation sites (N-methyl/N-ethyl adjacent to an activating group) is 1. The second-order valence-electron chi connectivity index (χ2n) is 4.18. The Morgan fingerprint density at radius 2 is 1.68 bits per heavy atom. The van der Waals surface area contributed by atoms with E-state index in [0.29, 0.717) is 5.56 Å². The molecule has 0 spiro atoms. The largest absolute Gasteiger partial charge is 0.319 e. The Morgan fingerprint density at radius 1 is 0.947 bits per heavy atom. The monoisotopic (exact) mass is 283 g/mol. The summed E-state index contributed by atoms with van der Waals surface area (Å²) < 4.78 is 26.1. The first-order chi connectivity index (χ1) is 8.70. The van der Waals surface area contributed by atoms with Gasteiger partial charge in [-0.3, -0.25) is 0 Å². The van der Waals surface area contributed by atoms with Gasteiger partial charge in [0.1, 0.15) is 0 Å². The van der Waals surface area contributed by atoms with Gasteiger partial charge >= 0.3 is 0 Å². The fourth-order valence-electron chi connectivity index (χ4n) is 1.85. The number of benzene rings is 2. The van der Waals surface area contributed by atoms with Crippen molar-refractivity contribution >= 4 is 12.4 Å². The standard InChI is InChI=1S/C15H15F2N.ClH/c1-18-8-7-11-3-2-4-12(9-11)13-5-6-14(16)15(17)10-13;/h2-6,9-10,18H,7-8H2,1H3;1H. The van der Waals surface area contributed by atoms with Crippen LogP contribution in [0, 0.1) is 11.6 Å². The van der Waals surface area contributed by atoms with Gasteiger partial charge < -0.3 is 5.32 Å². The second kappa shape index (κ2) is 7.22. The first kappa shape index (κ1) is 15.6. The van der Waals surface area contributed by atoms with E-state index in [1.807, 2.05) is 31.3 Å². The van der Waals surface area contributed by atoms with Crippen LogP contribution in [0.25, 0.3) is 11.1 Å². The van der Waals surface area contributed by atoms with Crippen molar-refractivity contribution in [2.45, 2.75) is 6.42 Å². The van der Waals surface area contributed by atoms with Crippen LogP contribution in [0.1, 0.15) is 5.56 Å². The Bertz CT molecular complexity index is 543. The van der Waals surface area contributed by atoms with Crippen molar-refractivity contribution in [3.8, 4) is 11.1 Å². The van der Waals surface area contributed by atoms with Gasteiger partial charge in [0.25, 0.3) is 0 Å². The molecular weight excluding hydrogens is 268 g/mol. The van der Waals surface area contributed by atoms with E-state index in [4.69, 9.17) is 0 Å². The van der Waals surface area contributed by atoms with Crippen LogP contribution in [0.2, 0.25) is 0 Å². The Balaban J connectivity index is 0.00000180. The Morgan fingerprint density at radius 3 is 2.37 bits per heavy atom. The number of hydrogen-bond donors (Lipinski definition) is 1. The van der Waals surface area contributed by atoms with Crippen LogP contribution in [0.4, 0.5) is 8.78 Å². The molecule has 0 heterocycles. The number of nitrogens with one attached hydrogen (secondary N) is 1. The van der Waals surface area contributed by atoms with Crippen molar-refractivity contribution in [3.63, 3.8) is 0 Å². The zero-order valence-corrected chi connectivity index (χ0v) is 11.4. The van der Waals surface area contributed by atoms with E-state index in [1.165, 1.54) is 11.6 Å². The lowest BCUT2D eigenvalue weighted by Crippen LogP contribution is -2.10. The molecule has 1 nitrogen and oxygen atoms in total. The summed E-state index contributed by atoms with van der Waals surface area (Å²) in [4.78, 5) is 0. The van der Waals surface area contributed by atoms with Gasteiger partial charge in [-0.1, -0.05) is 30.3 Å². The van der Waals surface area contributed by atoms with E-state index < -0.39 is 11.6 Å². The lowest BCUT2D eigenvalue weighted by Gasteiger charge is -2.06. The molecule has 102 valence electrons. The second-order valence-corrected chi connectivity index (χ2v) is 4.18. The molecule has 1 N–H and O–H groups in total. The van der Waals surface area contributed by atoms with Crippen molar-refractivity contribution in [3.05, 3.63) is 59.7 Å². The quantitative estimate of drug-likeness (QED) is 0.899. The normalized spacial score (nSPS) is 10.1. The molecule has 0 fully saturated rings. The SMILES string of the molecule is CNCCc1cccc(-c2ccc(F)c(F)c2)c1.Cl. The van der Waals surface area contributed by atoms with E-state index in [2.05, 4.69) is 5.32 Å². The van der Waals surface area contributed by atoms with Gasteiger partial charge in [0.05, 0.1) is 0 Å². The van der Waals surface area contributed by atoms with Crippen LogP contribution in [0.15, 0.2) is 42.5 Å². The highest BCUT2D eigenvalue weighted by atomic mass is 35.5. The molecular formula is C15H16ClF2N. The highest BCUT2D eigenvalue weighted by Crippen LogP contribution is 2.22. The van der Waals surface area contributed by atoms with Crippen LogP contribution >= 0.6 is 12.4 Å². The summed E-state index contributed by atoms with van der Waals surface area (Å²) in [6.07, 6.45) is 0.911. The van der Waals surface area contributed by atoms with Gasteiger partial charge in [-0.05, 0) is 48.8 Å². The zero-order valence-electron chi connectivity index (χ0n) is 10.6. The lowest BCUT2D eigenvalue weighted by molar-refractivity contribution is 0.509. The average molecular weight is 284 g/mol. The third-order valence-electron chi connectivity index (χ3n) is 2.84. The van der Waals surface area contributed by atoms with Gasteiger partial charge in [0.2, 0.25) is 0 Å². The van der Waals surface area contributed by atoms with E-state index in [1.54, 1.807) is 6.07 Å². The maximum Gasteiger partial charge on any atom is 0.159 e. The molecule has 4 heteroatoms. The van der Waals surface area contributed by atoms with E-state index in [0.717, 1.165) is 24.6 Å². The van der Waals surface area contributed by atoms with Gasteiger partial charge in [-0.25, -0.2) is 8.78 Å². The van der Waals surface area contributed by atoms with Crippen molar-refractivity contribution in [2.24, 2.45) is 0 Å². The zero-order chi connectivity index (χ0) is 13.0. The molecule has 19 heavy (non-hydrogen) atoms. The lowest BCUT2D eigenvalue weighted by atomic mass is 10.0. The molecule has 0 aliphatic carbocycles. The molecule has 2 aromatic rings. The molecule has 0 unspecified atom stereocenters. The van der Waals surface area contributed by atoms with Crippen LogP contribution in [0.5, 0.6) is 0 Å². The fourth-order valence-corrected chi connectivity index (χ4v) is 1.85. The van der Waals surface area contributed by atoms with Crippen molar-refractivity contribution in [2.75, 3.05) is 13.6 Å².